The molecule has 0 aliphatic rings. The SMILES string of the molecule is COc1ccc(C(Cl)c2cc3ccccc3s2)c(Br)c1. The van der Waals surface area contributed by atoms with Crippen LogP contribution in [0.3, 0.4) is 0 Å². The van der Waals surface area contributed by atoms with Gasteiger partial charge in [0.2, 0.25) is 0 Å². The topological polar surface area (TPSA) is 9.23 Å². The van der Waals surface area contributed by atoms with E-state index in [1.807, 2.05) is 24.3 Å². The van der Waals surface area contributed by atoms with Gasteiger partial charge in [-0.25, -0.2) is 0 Å². The number of thiophene rings is 1. The number of benzene rings is 2. The van der Waals surface area contributed by atoms with Gasteiger partial charge in [-0.15, -0.1) is 22.9 Å². The predicted octanol–water partition coefficient (Wildman–Crippen LogP) is 6.00. The Balaban J connectivity index is 2.01. The third-order valence-corrected chi connectivity index (χ3v) is 5.64. The summed E-state index contributed by atoms with van der Waals surface area (Å²) >= 11 is 11.9. The van der Waals surface area contributed by atoms with Crippen molar-refractivity contribution in [2.45, 2.75) is 5.38 Å². The van der Waals surface area contributed by atoms with E-state index in [-0.39, 0.29) is 5.38 Å². The van der Waals surface area contributed by atoms with E-state index in [0.29, 0.717) is 0 Å². The first-order valence-electron chi connectivity index (χ1n) is 6.15. The highest BCUT2D eigenvalue weighted by Crippen LogP contribution is 2.40. The minimum absolute atomic E-state index is 0.160. The van der Waals surface area contributed by atoms with Gasteiger partial charge in [0.25, 0.3) is 0 Å². The molecule has 0 spiro atoms. The second-order valence-corrected chi connectivity index (χ2v) is 6.84. The lowest BCUT2D eigenvalue weighted by Crippen LogP contribution is -1.93. The van der Waals surface area contributed by atoms with Crippen LogP contribution in [0.5, 0.6) is 5.75 Å². The summed E-state index contributed by atoms with van der Waals surface area (Å²) < 4.78 is 7.44. The lowest BCUT2D eigenvalue weighted by molar-refractivity contribution is 0.414. The van der Waals surface area contributed by atoms with Crippen molar-refractivity contribution in [3.63, 3.8) is 0 Å². The number of halogens is 2. The Morgan fingerprint density at radius 2 is 1.95 bits per heavy atom. The lowest BCUT2D eigenvalue weighted by atomic mass is 10.1. The third-order valence-electron chi connectivity index (χ3n) is 3.18. The number of ether oxygens (including phenoxy) is 1. The van der Waals surface area contributed by atoms with Gasteiger partial charge >= 0.3 is 0 Å². The number of fused-ring (bicyclic) bond motifs is 1. The molecule has 1 nitrogen and oxygen atoms in total. The van der Waals surface area contributed by atoms with Crippen LogP contribution in [-0.4, -0.2) is 7.11 Å². The van der Waals surface area contributed by atoms with Gasteiger partial charge in [0.05, 0.1) is 12.5 Å². The van der Waals surface area contributed by atoms with E-state index in [1.165, 1.54) is 10.1 Å². The van der Waals surface area contributed by atoms with Crippen molar-refractivity contribution >= 4 is 49.0 Å². The van der Waals surface area contributed by atoms with Gasteiger partial charge < -0.3 is 4.74 Å². The highest BCUT2D eigenvalue weighted by atomic mass is 79.9. The van der Waals surface area contributed by atoms with Crippen molar-refractivity contribution in [2.75, 3.05) is 7.11 Å². The summed E-state index contributed by atoms with van der Waals surface area (Å²) in [6.07, 6.45) is 0. The zero-order valence-corrected chi connectivity index (χ0v) is 13.9. The zero-order chi connectivity index (χ0) is 14.1. The van der Waals surface area contributed by atoms with E-state index < -0.39 is 0 Å². The van der Waals surface area contributed by atoms with Crippen LogP contribution >= 0.6 is 38.9 Å². The smallest absolute Gasteiger partial charge is 0.120 e. The second kappa shape index (κ2) is 5.76. The molecule has 1 atom stereocenters. The van der Waals surface area contributed by atoms with E-state index >= 15 is 0 Å². The van der Waals surface area contributed by atoms with Crippen molar-refractivity contribution < 1.29 is 4.74 Å². The van der Waals surface area contributed by atoms with Crippen molar-refractivity contribution in [3.8, 4) is 5.75 Å². The molecule has 0 saturated heterocycles. The molecular weight excluding hydrogens is 356 g/mol. The first kappa shape index (κ1) is 13.9. The number of hydrogen-bond donors (Lipinski definition) is 0. The molecule has 0 fully saturated rings. The molecule has 0 amide bonds. The highest BCUT2D eigenvalue weighted by molar-refractivity contribution is 9.10. The van der Waals surface area contributed by atoms with E-state index in [9.17, 15) is 0 Å². The molecular formula is C16H12BrClOS. The Labute approximate surface area is 135 Å². The Hall–Kier alpha value is -1.03. The van der Waals surface area contributed by atoms with E-state index in [0.717, 1.165) is 20.7 Å². The maximum Gasteiger partial charge on any atom is 0.120 e. The molecule has 0 aliphatic carbocycles. The second-order valence-electron chi connectivity index (χ2n) is 4.44. The largest absolute Gasteiger partial charge is 0.497 e. The number of rotatable bonds is 3. The Kier molecular flexibility index (Phi) is 4.01. The molecule has 1 unspecified atom stereocenters. The minimum atomic E-state index is -0.160. The average molecular weight is 368 g/mol. The van der Waals surface area contributed by atoms with Gasteiger partial charge in [0, 0.05) is 14.0 Å². The van der Waals surface area contributed by atoms with Crippen LogP contribution in [-0.2, 0) is 0 Å². The summed E-state index contributed by atoms with van der Waals surface area (Å²) in [5.41, 5.74) is 1.05. The minimum Gasteiger partial charge on any atom is -0.497 e. The predicted molar refractivity (Wildman–Crippen MR) is 90.2 cm³/mol. The third kappa shape index (κ3) is 2.58. The summed E-state index contributed by atoms with van der Waals surface area (Å²) in [5.74, 6) is 0.820. The number of methoxy groups -OCH3 is 1. The van der Waals surface area contributed by atoms with E-state index in [1.54, 1.807) is 18.4 Å². The van der Waals surface area contributed by atoms with Gasteiger partial charge in [-0.3, -0.25) is 0 Å². The van der Waals surface area contributed by atoms with Crippen LogP contribution in [0.25, 0.3) is 10.1 Å². The fourth-order valence-electron chi connectivity index (χ4n) is 2.12. The monoisotopic (exact) mass is 366 g/mol. The summed E-state index contributed by atoms with van der Waals surface area (Å²) in [4.78, 5) is 1.15. The molecule has 0 bridgehead atoms. The molecule has 0 radical (unpaired) electrons. The normalized spacial score (nSPS) is 12.6. The van der Waals surface area contributed by atoms with Crippen molar-refractivity contribution in [1.29, 1.82) is 0 Å². The van der Waals surface area contributed by atoms with Gasteiger partial charge in [0.1, 0.15) is 5.75 Å². The van der Waals surface area contributed by atoms with Gasteiger partial charge in [-0.1, -0.05) is 40.2 Å². The zero-order valence-electron chi connectivity index (χ0n) is 10.8. The Bertz CT molecular complexity index is 720. The molecule has 3 aromatic rings. The van der Waals surface area contributed by atoms with Crippen LogP contribution in [0, 0.1) is 0 Å². The van der Waals surface area contributed by atoms with Crippen LogP contribution in [0.4, 0.5) is 0 Å². The first-order chi connectivity index (χ1) is 9.69. The quantitative estimate of drug-likeness (QED) is 0.516. The van der Waals surface area contributed by atoms with E-state index in [2.05, 4.69) is 40.2 Å². The summed E-state index contributed by atoms with van der Waals surface area (Å²) in [7, 11) is 1.66. The molecule has 0 N–H and O–H groups in total. The maximum atomic E-state index is 6.64. The molecule has 1 aromatic heterocycles. The molecule has 4 heteroatoms. The summed E-state index contributed by atoms with van der Waals surface area (Å²) in [5, 5.41) is 1.08. The number of alkyl halides is 1. The van der Waals surface area contributed by atoms with Crippen LogP contribution in [0.15, 0.2) is 53.0 Å². The van der Waals surface area contributed by atoms with Crippen molar-refractivity contribution in [3.05, 3.63) is 63.4 Å². The molecule has 3 rings (SSSR count). The molecule has 1 heterocycles. The Morgan fingerprint density at radius 1 is 1.15 bits per heavy atom. The number of hydrogen-bond acceptors (Lipinski definition) is 2. The van der Waals surface area contributed by atoms with E-state index in [4.69, 9.17) is 16.3 Å². The highest BCUT2D eigenvalue weighted by Gasteiger charge is 2.17. The summed E-state index contributed by atoms with van der Waals surface area (Å²) in [6, 6.07) is 16.4. The van der Waals surface area contributed by atoms with Crippen LogP contribution in [0.1, 0.15) is 15.8 Å². The van der Waals surface area contributed by atoms with Crippen molar-refractivity contribution in [1.82, 2.24) is 0 Å². The average Bonchev–Trinajstić information content (AvgIpc) is 2.90. The Morgan fingerprint density at radius 3 is 2.65 bits per heavy atom. The molecule has 2 aromatic carbocycles. The fourth-order valence-corrected chi connectivity index (χ4v) is 4.29. The van der Waals surface area contributed by atoms with Crippen molar-refractivity contribution in [2.24, 2.45) is 0 Å². The molecule has 102 valence electrons. The lowest BCUT2D eigenvalue weighted by Gasteiger charge is -2.11. The molecule has 0 aliphatic heterocycles. The van der Waals surface area contributed by atoms with Gasteiger partial charge in [0.15, 0.2) is 0 Å². The first-order valence-corrected chi connectivity index (χ1v) is 8.19. The van der Waals surface area contributed by atoms with Gasteiger partial charge in [-0.05, 0) is 35.2 Å². The fraction of sp³-hybridized carbons (Fsp3) is 0.125. The van der Waals surface area contributed by atoms with Crippen LogP contribution in [0.2, 0.25) is 0 Å². The molecule has 0 saturated carbocycles. The summed E-state index contributed by atoms with van der Waals surface area (Å²) in [6.45, 7) is 0. The maximum absolute atomic E-state index is 6.64. The standard InChI is InChI=1S/C16H12BrClOS/c1-19-11-6-7-12(13(17)9-11)16(18)15-8-10-4-2-3-5-14(10)20-15/h2-9,16H,1H3. The molecule has 20 heavy (non-hydrogen) atoms. The van der Waals surface area contributed by atoms with Crippen LogP contribution < -0.4 is 4.74 Å². The van der Waals surface area contributed by atoms with Gasteiger partial charge in [-0.2, -0.15) is 0 Å².